The van der Waals surface area contributed by atoms with Gasteiger partial charge in [-0.3, -0.25) is 0 Å². The first kappa shape index (κ1) is 26.9. The number of unbranched alkanes of at least 4 members (excludes halogenated alkanes) is 2. The third-order valence-corrected chi connectivity index (χ3v) is 8.40. The lowest BCUT2D eigenvalue weighted by Gasteiger charge is -2.38. The molecule has 0 heterocycles. The molecule has 0 radical (unpaired) electrons. The summed E-state index contributed by atoms with van der Waals surface area (Å²) in [6.45, 7) is 5.52. The van der Waals surface area contributed by atoms with E-state index < -0.39 is 12.6 Å². The Morgan fingerprint density at radius 2 is 1.71 bits per heavy atom. The summed E-state index contributed by atoms with van der Waals surface area (Å²) < 4.78 is 19.8. The summed E-state index contributed by atoms with van der Waals surface area (Å²) >= 11 is 0. The van der Waals surface area contributed by atoms with E-state index in [0.717, 1.165) is 23.3 Å². The number of benzene rings is 1. The summed E-state index contributed by atoms with van der Waals surface area (Å²) in [6.07, 6.45) is 17.4. The van der Waals surface area contributed by atoms with E-state index in [2.05, 4.69) is 19.6 Å². The Morgan fingerprint density at radius 1 is 1.03 bits per heavy atom. The Balaban J connectivity index is 1.38. The number of aliphatic hydroxyl groups excluding tert-OH is 1. The lowest BCUT2D eigenvalue weighted by Crippen LogP contribution is -2.25. The van der Waals surface area contributed by atoms with Crippen LogP contribution in [0.1, 0.15) is 107 Å². The summed E-state index contributed by atoms with van der Waals surface area (Å²) in [4.78, 5) is 11.5. The maximum Gasteiger partial charge on any atom is 0.335 e. The first-order valence-electron chi connectivity index (χ1n) is 13.8. The van der Waals surface area contributed by atoms with E-state index in [9.17, 15) is 9.18 Å². The van der Waals surface area contributed by atoms with Gasteiger partial charge < -0.3 is 9.84 Å². The number of hydrogen-bond donors (Lipinski definition) is 1. The molecule has 2 saturated carbocycles. The zero-order chi connectivity index (χ0) is 24.3. The average molecular weight is 473 g/mol. The molecule has 3 rings (SSSR count). The molecule has 0 amide bonds. The van der Waals surface area contributed by atoms with Crippen molar-refractivity contribution < 1.29 is 19.0 Å². The molecule has 4 heteroatoms. The number of aryl methyl sites for hydroxylation is 1. The Kier molecular flexibility index (Phi) is 11.1. The zero-order valence-electron chi connectivity index (χ0n) is 21.2. The van der Waals surface area contributed by atoms with Gasteiger partial charge in [0.1, 0.15) is 5.82 Å². The molecule has 0 spiro atoms. The third kappa shape index (κ3) is 7.93. The van der Waals surface area contributed by atoms with Crippen LogP contribution in [0.5, 0.6) is 0 Å². The van der Waals surface area contributed by atoms with Crippen LogP contribution >= 0.6 is 0 Å². The molecule has 34 heavy (non-hydrogen) atoms. The van der Waals surface area contributed by atoms with Gasteiger partial charge >= 0.3 is 5.97 Å². The molecule has 0 saturated heterocycles. The van der Waals surface area contributed by atoms with Crippen molar-refractivity contribution in [1.82, 2.24) is 0 Å². The maximum absolute atomic E-state index is 14.7. The molecule has 1 aromatic carbocycles. The van der Waals surface area contributed by atoms with Crippen molar-refractivity contribution in [3.63, 3.8) is 0 Å². The minimum Gasteiger partial charge on any atom is -0.462 e. The first-order valence-corrected chi connectivity index (χ1v) is 13.8. The smallest absolute Gasteiger partial charge is 0.335 e. The number of aliphatic hydroxyl groups is 1. The molecule has 0 aromatic heterocycles. The van der Waals surface area contributed by atoms with Crippen molar-refractivity contribution in [3.8, 4) is 0 Å². The summed E-state index contributed by atoms with van der Waals surface area (Å²) in [5.74, 6) is 2.53. The van der Waals surface area contributed by atoms with E-state index in [1.54, 1.807) is 6.07 Å². The van der Waals surface area contributed by atoms with E-state index in [-0.39, 0.29) is 18.0 Å². The van der Waals surface area contributed by atoms with E-state index in [0.29, 0.717) is 24.3 Å². The number of ether oxygens (including phenoxy) is 1. The molecule has 0 bridgehead atoms. The monoisotopic (exact) mass is 472 g/mol. The van der Waals surface area contributed by atoms with Gasteiger partial charge in [0.05, 0.1) is 18.8 Å². The Bertz CT molecular complexity index is 773. The number of esters is 1. The normalized spacial score (nSPS) is 25.1. The van der Waals surface area contributed by atoms with Crippen LogP contribution in [0.3, 0.4) is 0 Å². The number of carbonyl (C=O) groups is 1. The maximum atomic E-state index is 14.7. The molecule has 190 valence electrons. The van der Waals surface area contributed by atoms with E-state index in [4.69, 9.17) is 9.84 Å². The molecule has 2 aliphatic rings. The number of carbonyl (C=O) groups excluding carboxylic acids is 1. The van der Waals surface area contributed by atoms with Gasteiger partial charge in [0, 0.05) is 0 Å². The SMILES string of the molecule is C=C(CO)C(=O)OCCCc1ccc(C2CCC(C3CCC(CCCCC)CC3)CC2)cc1F. The largest absolute Gasteiger partial charge is 0.462 e. The fraction of sp³-hybridized carbons (Fsp3) is 0.700. The highest BCUT2D eigenvalue weighted by molar-refractivity contribution is 5.87. The van der Waals surface area contributed by atoms with Crippen LogP contribution in [0, 0.1) is 23.6 Å². The second-order valence-corrected chi connectivity index (χ2v) is 10.7. The number of halogens is 1. The van der Waals surface area contributed by atoms with Crippen LogP contribution in [0.15, 0.2) is 30.4 Å². The topological polar surface area (TPSA) is 46.5 Å². The predicted octanol–water partition coefficient (Wildman–Crippen LogP) is 7.51. The first-order chi connectivity index (χ1) is 16.5. The number of rotatable bonds is 12. The van der Waals surface area contributed by atoms with Gasteiger partial charge in [-0.05, 0) is 92.2 Å². The predicted molar refractivity (Wildman–Crippen MR) is 136 cm³/mol. The lowest BCUT2D eigenvalue weighted by atomic mass is 9.68. The van der Waals surface area contributed by atoms with Crippen LogP contribution < -0.4 is 0 Å². The molecular weight excluding hydrogens is 427 g/mol. The van der Waals surface area contributed by atoms with E-state index in [1.165, 1.54) is 77.0 Å². The van der Waals surface area contributed by atoms with Crippen molar-refractivity contribution in [3.05, 3.63) is 47.3 Å². The molecule has 3 nitrogen and oxygen atoms in total. The van der Waals surface area contributed by atoms with Gasteiger partial charge in [-0.15, -0.1) is 0 Å². The lowest BCUT2D eigenvalue weighted by molar-refractivity contribution is -0.139. The fourth-order valence-electron chi connectivity index (χ4n) is 6.17. The van der Waals surface area contributed by atoms with Gasteiger partial charge in [0.25, 0.3) is 0 Å². The van der Waals surface area contributed by atoms with Crippen molar-refractivity contribution in [1.29, 1.82) is 0 Å². The molecule has 0 atom stereocenters. The van der Waals surface area contributed by atoms with Gasteiger partial charge in [-0.2, -0.15) is 0 Å². The quantitative estimate of drug-likeness (QED) is 0.194. The van der Waals surface area contributed by atoms with Gasteiger partial charge in [-0.1, -0.05) is 64.2 Å². The molecule has 1 aromatic rings. The second-order valence-electron chi connectivity index (χ2n) is 10.7. The average Bonchev–Trinajstić information content (AvgIpc) is 2.87. The highest BCUT2D eigenvalue weighted by atomic mass is 19.1. The molecule has 2 aliphatic carbocycles. The van der Waals surface area contributed by atoms with Crippen LogP contribution in [-0.2, 0) is 16.0 Å². The van der Waals surface area contributed by atoms with Crippen molar-refractivity contribution in [2.75, 3.05) is 13.2 Å². The summed E-state index contributed by atoms with van der Waals surface area (Å²) in [7, 11) is 0. The van der Waals surface area contributed by atoms with Crippen LogP contribution in [0.2, 0.25) is 0 Å². The van der Waals surface area contributed by atoms with Crippen molar-refractivity contribution >= 4 is 5.97 Å². The van der Waals surface area contributed by atoms with Crippen LogP contribution in [-0.4, -0.2) is 24.3 Å². The standard InChI is InChI=1S/C30H45FO3/c1-3-4-5-7-23-9-11-24(12-10-23)25-13-15-26(16-14-25)28-18-17-27(29(31)20-28)8-6-19-34-30(33)22(2)21-32/h17-18,20,23-26,32H,2-16,19,21H2,1H3. The van der Waals surface area contributed by atoms with Crippen molar-refractivity contribution in [2.45, 2.75) is 103 Å². The highest BCUT2D eigenvalue weighted by Gasteiger charge is 2.31. The van der Waals surface area contributed by atoms with E-state index >= 15 is 0 Å². The summed E-state index contributed by atoms with van der Waals surface area (Å²) in [5.41, 5.74) is 1.86. The van der Waals surface area contributed by atoms with Gasteiger partial charge in [0.2, 0.25) is 0 Å². The highest BCUT2D eigenvalue weighted by Crippen LogP contribution is 2.44. The fourth-order valence-corrected chi connectivity index (χ4v) is 6.17. The molecule has 2 fully saturated rings. The van der Waals surface area contributed by atoms with E-state index in [1.807, 2.05) is 6.07 Å². The molecule has 1 N–H and O–H groups in total. The second kappa shape index (κ2) is 14.0. The summed E-state index contributed by atoms with van der Waals surface area (Å²) in [5, 5.41) is 8.88. The molecular formula is C30H45FO3. The minimum absolute atomic E-state index is 0.0420. The van der Waals surface area contributed by atoms with Gasteiger partial charge in [-0.25, -0.2) is 9.18 Å². The van der Waals surface area contributed by atoms with Crippen LogP contribution in [0.4, 0.5) is 4.39 Å². The van der Waals surface area contributed by atoms with Gasteiger partial charge in [0.15, 0.2) is 0 Å². The molecule has 0 aliphatic heterocycles. The van der Waals surface area contributed by atoms with Crippen LogP contribution in [0.25, 0.3) is 0 Å². The molecule has 0 unspecified atom stereocenters. The Hall–Kier alpha value is -1.68. The summed E-state index contributed by atoms with van der Waals surface area (Å²) in [6, 6.07) is 5.75. The Labute approximate surface area is 206 Å². The third-order valence-electron chi connectivity index (χ3n) is 8.40. The Morgan fingerprint density at radius 3 is 2.32 bits per heavy atom. The number of hydrogen-bond acceptors (Lipinski definition) is 3. The van der Waals surface area contributed by atoms with Crippen molar-refractivity contribution in [2.24, 2.45) is 17.8 Å². The minimum atomic E-state index is -0.589. The zero-order valence-corrected chi connectivity index (χ0v) is 21.2.